The average Bonchev–Trinajstić information content (AvgIpc) is 2.46. The van der Waals surface area contributed by atoms with Gasteiger partial charge in [0.15, 0.2) is 5.82 Å². The van der Waals surface area contributed by atoms with Crippen LogP contribution in [0.5, 0.6) is 0 Å². The van der Waals surface area contributed by atoms with Gasteiger partial charge in [-0.15, -0.1) is 0 Å². The fourth-order valence-corrected chi connectivity index (χ4v) is 2.04. The smallest absolute Gasteiger partial charge is 0.412 e. The van der Waals surface area contributed by atoms with Crippen molar-refractivity contribution in [3.8, 4) is 0 Å². The fourth-order valence-electron chi connectivity index (χ4n) is 1.63. The highest BCUT2D eigenvalue weighted by atomic mass is 79.9. The van der Waals surface area contributed by atoms with E-state index >= 15 is 0 Å². The number of ether oxygens (including phenoxy) is 1. The first-order chi connectivity index (χ1) is 9.58. The maximum atomic E-state index is 13.9. The minimum Gasteiger partial charge on any atom is -0.444 e. The van der Waals surface area contributed by atoms with Gasteiger partial charge in [-0.05, 0) is 40.0 Å². The molecule has 0 aliphatic rings. The van der Waals surface area contributed by atoms with Crippen molar-refractivity contribution in [1.82, 2.24) is 0 Å². The first-order valence-electron chi connectivity index (χ1n) is 6.00. The number of carbonyl (C=O) groups excluding carboxylic acids is 1. The van der Waals surface area contributed by atoms with Gasteiger partial charge >= 0.3 is 6.09 Å². The predicted molar refractivity (Wildman–Crippen MR) is 79.1 cm³/mol. The van der Waals surface area contributed by atoms with Gasteiger partial charge in [-0.25, -0.2) is 9.18 Å². The van der Waals surface area contributed by atoms with Crippen LogP contribution in [0.15, 0.2) is 46.9 Å². The molecule has 0 spiro atoms. The number of hydrogen-bond donors (Lipinski definition) is 1. The number of amides is 1. The molecule has 1 N–H and O–H groups in total. The molecule has 2 aromatic rings. The molecular formula is C15H13BrFNO2. The van der Waals surface area contributed by atoms with Gasteiger partial charge in [-0.1, -0.05) is 36.4 Å². The molecule has 0 radical (unpaired) electrons. The van der Waals surface area contributed by atoms with Crippen LogP contribution in [0, 0.1) is 12.7 Å². The summed E-state index contributed by atoms with van der Waals surface area (Å²) in [5.41, 5.74) is 1.40. The van der Waals surface area contributed by atoms with Crippen LogP contribution in [0.3, 0.4) is 0 Å². The Morgan fingerprint density at radius 2 is 1.95 bits per heavy atom. The Hall–Kier alpha value is -1.88. The first-order valence-corrected chi connectivity index (χ1v) is 6.79. The summed E-state index contributed by atoms with van der Waals surface area (Å²) >= 11 is 3.20. The van der Waals surface area contributed by atoms with Gasteiger partial charge in [0.05, 0.1) is 5.69 Å². The van der Waals surface area contributed by atoms with E-state index in [1.54, 1.807) is 19.1 Å². The maximum absolute atomic E-state index is 13.9. The summed E-state index contributed by atoms with van der Waals surface area (Å²) in [6.07, 6.45) is -0.695. The van der Waals surface area contributed by atoms with E-state index in [1.807, 2.05) is 30.3 Å². The Labute approximate surface area is 124 Å². The van der Waals surface area contributed by atoms with Crippen LogP contribution in [0.25, 0.3) is 0 Å². The number of rotatable bonds is 3. The molecule has 20 heavy (non-hydrogen) atoms. The van der Waals surface area contributed by atoms with Crippen LogP contribution in [0.4, 0.5) is 14.9 Å². The predicted octanol–water partition coefficient (Wildman–Crippen LogP) is 4.65. The third-order valence-corrected chi connectivity index (χ3v) is 3.38. The van der Waals surface area contributed by atoms with Crippen LogP contribution in [-0.4, -0.2) is 6.09 Å². The van der Waals surface area contributed by atoms with Gasteiger partial charge in [0, 0.05) is 4.47 Å². The van der Waals surface area contributed by atoms with Gasteiger partial charge in [-0.2, -0.15) is 0 Å². The van der Waals surface area contributed by atoms with E-state index < -0.39 is 11.9 Å². The molecule has 0 atom stereocenters. The molecule has 0 aliphatic carbocycles. The van der Waals surface area contributed by atoms with Gasteiger partial charge in [0.25, 0.3) is 0 Å². The van der Waals surface area contributed by atoms with Gasteiger partial charge in [0.1, 0.15) is 6.61 Å². The molecule has 1 amide bonds. The van der Waals surface area contributed by atoms with Gasteiger partial charge < -0.3 is 4.74 Å². The summed E-state index contributed by atoms with van der Waals surface area (Å²) in [6.45, 7) is 1.76. The standard InChI is InChI=1S/C15H13BrFNO2/c1-10-7-8-12(16)14(13(10)17)18-15(19)20-9-11-5-3-2-4-6-11/h2-8H,9H2,1H3,(H,18,19). The molecule has 0 fully saturated rings. The molecule has 2 rings (SSSR count). The number of anilines is 1. The van der Waals surface area contributed by atoms with E-state index in [-0.39, 0.29) is 12.3 Å². The van der Waals surface area contributed by atoms with Crippen molar-refractivity contribution >= 4 is 27.7 Å². The minimum absolute atomic E-state index is 0.0862. The molecule has 0 saturated carbocycles. The lowest BCUT2D eigenvalue weighted by Crippen LogP contribution is -2.15. The van der Waals surface area contributed by atoms with Crippen molar-refractivity contribution in [1.29, 1.82) is 0 Å². The number of nitrogens with one attached hydrogen (secondary N) is 1. The Morgan fingerprint density at radius 3 is 2.65 bits per heavy atom. The Kier molecular flexibility index (Phi) is 4.74. The third kappa shape index (κ3) is 3.57. The summed E-state index contributed by atoms with van der Waals surface area (Å²) < 4.78 is 19.4. The van der Waals surface area contributed by atoms with Crippen molar-refractivity contribution in [3.63, 3.8) is 0 Å². The molecule has 0 aliphatic heterocycles. The lowest BCUT2D eigenvalue weighted by Gasteiger charge is -2.10. The van der Waals surface area contributed by atoms with Crippen molar-refractivity contribution < 1.29 is 13.9 Å². The molecular weight excluding hydrogens is 325 g/mol. The normalized spacial score (nSPS) is 10.2. The molecule has 0 unspecified atom stereocenters. The minimum atomic E-state index is -0.695. The van der Waals surface area contributed by atoms with Crippen LogP contribution >= 0.6 is 15.9 Å². The number of benzene rings is 2. The molecule has 0 bridgehead atoms. The van der Waals surface area contributed by atoms with E-state index in [0.717, 1.165) is 5.56 Å². The molecule has 5 heteroatoms. The summed E-state index contributed by atoms with van der Waals surface area (Å²) in [7, 11) is 0. The Bertz CT molecular complexity index is 617. The maximum Gasteiger partial charge on any atom is 0.412 e. The number of halogens is 2. The highest BCUT2D eigenvalue weighted by Gasteiger charge is 2.13. The zero-order chi connectivity index (χ0) is 14.5. The van der Waals surface area contributed by atoms with Gasteiger partial charge in [-0.3, -0.25) is 5.32 Å². The second-order valence-corrected chi connectivity index (χ2v) is 5.09. The quantitative estimate of drug-likeness (QED) is 0.885. The van der Waals surface area contributed by atoms with E-state index in [1.165, 1.54) is 0 Å². The Balaban J connectivity index is 2.00. The molecule has 0 saturated heterocycles. The second kappa shape index (κ2) is 6.52. The molecule has 0 aromatic heterocycles. The van der Waals surface area contributed by atoms with Crippen LogP contribution in [0.1, 0.15) is 11.1 Å². The van der Waals surface area contributed by atoms with Crippen LogP contribution in [0.2, 0.25) is 0 Å². The molecule has 0 heterocycles. The van der Waals surface area contributed by atoms with Gasteiger partial charge in [0.2, 0.25) is 0 Å². The summed E-state index contributed by atoms with van der Waals surface area (Å²) in [6, 6.07) is 12.6. The average molecular weight is 338 g/mol. The summed E-state index contributed by atoms with van der Waals surface area (Å²) in [5, 5.41) is 2.41. The third-order valence-electron chi connectivity index (χ3n) is 2.72. The monoisotopic (exact) mass is 337 g/mol. The van der Waals surface area contributed by atoms with E-state index in [2.05, 4.69) is 21.2 Å². The van der Waals surface area contributed by atoms with E-state index in [4.69, 9.17) is 4.74 Å². The summed E-state index contributed by atoms with van der Waals surface area (Å²) in [5.74, 6) is -0.476. The molecule has 3 nitrogen and oxygen atoms in total. The van der Waals surface area contributed by atoms with Crippen molar-refractivity contribution in [2.24, 2.45) is 0 Å². The van der Waals surface area contributed by atoms with E-state index in [9.17, 15) is 9.18 Å². The highest BCUT2D eigenvalue weighted by molar-refractivity contribution is 9.10. The SMILES string of the molecule is Cc1ccc(Br)c(NC(=O)OCc2ccccc2)c1F. The molecule has 2 aromatic carbocycles. The van der Waals surface area contributed by atoms with Crippen LogP contribution < -0.4 is 5.32 Å². The summed E-state index contributed by atoms with van der Waals surface area (Å²) in [4.78, 5) is 11.7. The Morgan fingerprint density at radius 1 is 1.25 bits per heavy atom. The largest absolute Gasteiger partial charge is 0.444 e. The van der Waals surface area contributed by atoms with Crippen molar-refractivity contribution in [3.05, 3.63) is 63.9 Å². The zero-order valence-electron chi connectivity index (χ0n) is 10.8. The zero-order valence-corrected chi connectivity index (χ0v) is 12.4. The lowest BCUT2D eigenvalue weighted by atomic mass is 10.2. The molecule has 104 valence electrons. The van der Waals surface area contributed by atoms with Crippen LogP contribution in [-0.2, 0) is 11.3 Å². The fraction of sp³-hybridized carbons (Fsp3) is 0.133. The lowest BCUT2D eigenvalue weighted by molar-refractivity contribution is 0.155. The number of hydrogen-bond acceptors (Lipinski definition) is 2. The number of aryl methyl sites for hydroxylation is 1. The van der Waals surface area contributed by atoms with Crippen molar-refractivity contribution in [2.75, 3.05) is 5.32 Å². The van der Waals surface area contributed by atoms with Crippen molar-refractivity contribution in [2.45, 2.75) is 13.5 Å². The van der Waals surface area contributed by atoms with E-state index in [0.29, 0.717) is 10.0 Å². The topological polar surface area (TPSA) is 38.3 Å². The second-order valence-electron chi connectivity index (χ2n) is 4.24. The first kappa shape index (κ1) is 14.5. The highest BCUT2D eigenvalue weighted by Crippen LogP contribution is 2.27. The number of carbonyl (C=O) groups is 1.